The van der Waals surface area contributed by atoms with Gasteiger partial charge in [-0.05, 0) is 6.92 Å². The number of nitrogens with zero attached hydrogens (tertiary/aromatic N) is 2. The average molecular weight is 351 g/mol. The molecule has 1 saturated heterocycles. The minimum atomic E-state index is -4.60. The monoisotopic (exact) mass is 351 g/mol. The van der Waals surface area contributed by atoms with Crippen LogP contribution in [0.5, 0.6) is 0 Å². The topological polar surface area (TPSA) is 130 Å². The fourth-order valence-electron chi connectivity index (χ4n) is 2.37. The van der Waals surface area contributed by atoms with E-state index in [1.807, 2.05) is 6.07 Å². The van der Waals surface area contributed by atoms with Gasteiger partial charge < -0.3 is 9.84 Å². The summed E-state index contributed by atoms with van der Waals surface area (Å²) >= 11 is 0. The fourth-order valence-corrected chi connectivity index (χ4v) is 3.07. The van der Waals surface area contributed by atoms with Gasteiger partial charge in [0.25, 0.3) is 11.8 Å². The van der Waals surface area contributed by atoms with Crippen molar-refractivity contribution in [3.05, 3.63) is 41.7 Å². The highest BCUT2D eigenvalue weighted by molar-refractivity contribution is 7.84. The van der Waals surface area contributed by atoms with E-state index in [-0.39, 0.29) is 22.2 Å². The van der Waals surface area contributed by atoms with E-state index in [0.717, 1.165) is 0 Å². The molecule has 0 spiro atoms. The first-order chi connectivity index (χ1) is 11.3. The molecule has 0 radical (unpaired) electrons. The van der Waals surface area contributed by atoms with Gasteiger partial charge in [0, 0.05) is 5.56 Å². The molecule has 24 heavy (non-hydrogen) atoms. The molecule has 1 aliphatic rings. The largest absolute Gasteiger partial charge is 0.362 e. The Hall–Kier alpha value is -2.72. The van der Waals surface area contributed by atoms with E-state index < -0.39 is 28.2 Å². The highest BCUT2D eigenvalue weighted by atomic mass is 32.2. The van der Waals surface area contributed by atoms with Crippen molar-refractivity contribution in [3.8, 4) is 11.3 Å². The van der Waals surface area contributed by atoms with Crippen molar-refractivity contribution in [2.75, 3.05) is 6.54 Å². The summed E-state index contributed by atoms with van der Waals surface area (Å²) in [5.41, 5.74) is 1.15. The maximum absolute atomic E-state index is 12.4. The summed E-state index contributed by atoms with van der Waals surface area (Å²) in [5.74, 6) is -1.24. The number of carbonyl (C=O) groups is 2. The SMILES string of the molecule is Cc1onc(-c2ccccc2)c1C(=O)N[C@H]1CN(S(=O)(=O)O)C1=O. The van der Waals surface area contributed by atoms with Crippen LogP contribution in [-0.2, 0) is 15.1 Å². The Balaban J connectivity index is 1.80. The number of aromatic nitrogens is 1. The van der Waals surface area contributed by atoms with Gasteiger partial charge in [0.1, 0.15) is 23.1 Å². The lowest BCUT2D eigenvalue weighted by Gasteiger charge is -2.35. The van der Waals surface area contributed by atoms with Gasteiger partial charge in [0.2, 0.25) is 0 Å². The zero-order valence-electron chi connectivity index (χ0n) is 12.5. The van der Waals surface area contributed by atoms with Crippen LogP contribution in [0.15, 0.2) is 34.9 Å². The van der Waals surface area contributed by atoms with Crippen LogP contribution in [-0.4, -0.2) is 46.8 Å². The van der Waals surface area contributed by atoms with E-state index in [9.17, 15) is 18.0 Å². The lowest BCUT2D eigenvalue weighted by molar-refractivity contribution is -0.136. The van der Waals surface area contributed by atoms with E-state index in [1.165, 1.54) is 0 Å². The van der Waals surface area contributed by atoms with Crippen LogP contribution in [0.4, 0.5) is 0 Å². The molecule has 2 amide bonds. The lowest BCUT2D eigenvalue weighted by atomic mass is 10.0. The predicted molar refractivity (Wildman–Crippen MR) is 81.2 cm³/mol. The molecule has 0 aliphatic carbocycles. The fraction of sp³-hybridized carbons (Fsp3) is 0.214. The highest BCUT2D eigenvalue weighted by Gasteiger charge is 2.44. The standard InChI is InChI=1S/C14H13N3O6S/c1-8-11(12(16-23-8)9-5-3-2-4-6-9)13(18)15-10-7-17(14(10)19)24(20,21)22/h2-6,10H,7H2,1H3,(H,15,18)(H,20,21,22)/t10-/m0/s1. The third kappa shape index (κ3) is 2.76. The summed E-state index contributed by atoms with van der Waals surface area (Å²) in [5, 5.41) is 6.28. The van der Waals surface area contributed by atoms with Gasteiger partial charge >= 0.3 is 10.3 Å². The lowest BCUT2D eigenvalue weighted by Crippen LogP contribution is -2.65. The zero-order valence-corrected chi connectivity index (χ0v) is 13.3. The zero-order chi connectivity index (χ0) is 17.5. The highest BCUT2D eigenvalue weighted by Crippen LogP contribution is 2.25. The van der Waals surface area contributed by atoms with Crippen molar-refractivity contribution in [2.24, 2.45) is 0 Å². The molecule has 2 heterocycles. The molecule has 1 fully saturated rings. The Morgan fingerprint density at radius 3 is 2.62 bits per heavy atom. The van der Waals surface area contributed by atoms with Crippen molar-refractivity contribution in [1.29, 1.82) is 0 Å². The van der Waals surface area contributed by atoms with Crippen molar-refractivity contribution in [2.45, 2.75) is 13.0 Å². The minimum Gasteiger partial charge on any atom is -0.360 e. The molecular formula is C14H13N3O6S. The number of aryl methyl sites for hydroxylation is 1. The van der Waals surface area contributed by atoms with E-state index in [2.05, 4.69) is 10.5 Å². The van der Waals surface area contributed by atoms with Gasteiger partial charge in [-0.1, -0.05) is 35.5 Å². The van der Waals surface area contributed by atoms with Crippen LogP contribution in [0, 0.1) is 6.92 Å². The van der Waals surface area contributed by atoms with E-state index >= 15 is 0 Å². The first-order valence-electron chi connectivity index (χ1n) is 6.90. The number of carbonyl (C=O) groups excluding carboxylic acids is 2. The molecule has 1 atom stereocenters. The summed E-state index contributed by atoms with van der Waals surface area (Å²) in [6.07, 6.45) is 0. The molecule has 10 heteroatoms. The number of hydrogen-bond donors (Lipinski definition) is 2. The molecule has 2 N–H and O–H groups in total. The van der Waals surface area contributed by atoms with E-state index in [4.69, 9.17) is 9.08 Å². The van der Waals surface area contributed by atoms with Crippen LogP contribution in [0.1, 0.15) is 16.1 Å². The van der Waals surface area contributed by atoms with Gasteiger partial charge in [-0.15, -0.1) is 0 Å². The summed E-state index contributed by atoms with van der Waals surface area (Å²) in [6, 6.07) is 7.84. The molecule has 126 valence electrons. The van der Waals surface area contributed by atoms with Crippen molar-refractivity contribution < 1.29 is 27.1 Å². The summed E-state index contributed by atoms with van der Waals surface area (Å²) < 4.78 is 36.0. The van der Waals surface area contributed by atoms with Crippen molar-refractivity contribution >= 4 is 22.1 Å². The number of amides is 2. The van der Waals surface area contributed by atoms with Gasteiger partial charge in [-0.3, -0.25) is 14.1 Å². The molecule has 1 aromatic carbocycles. The Labute approximate surface area is 137 Å². The summed E-state index contributed by atoms with van der Waals surface area (Å²) in [6.45, 7) is 1.23. The maximum atomic E-state index is 12.4. The van der Waals surface area contributed by atoms with Crippen molar-refractivity contribution in [3.63, 3.8) is 0 Å². The van der Waals surface area contributed by atoms with E-state index in [0.29, 0.717) is 11.3 Å². The molecule has 1 aliphatic heterocycles. The first-order valence-corrected chi connectivity index (χ1v) is 8.30. The Kier molecular flexibility index (Phi) is 3.85. The normalized spacial score (nSPS) is 17.5. The van der Waals surface area contributed by atoms with Crippen LogP contribution in [0.2, 0.25) is 0 Å². The molecule has 1 aromatic heterocycles. The molecule has 3 rings (SSSR count). The predicted octanol–water partition coefficient (Wildman–Crippen LogP) is 0.393. The third-order valence-electron chi connectivity index (χ3n) is 3.61. The number of hydrogen-bond acceptors (Lipinski definition) is 6. The number of rotatable bonds is 4. The Bertz CT molecular complexity index is 906. The van der Waals surface area contributed by atoms with Crippen molar-refractivity contribution in [1.82, 2.24) is 14.8 Å². The van der Waals surface area contributed by atoms with Crippen LogP contribution >= 0.6 is 0 Å². The van der Waals surface area contributed by atoms with Crippen LogP contribution in [0.3, 0.4) is 0 Å². The third-order valence-corrected chi connectivity index (χ3v) is 4.50. The second-order valence-corrected chi connectivity index (χ2v) is 6.54. The summed E-state index contributed by atoms with van der Waals surface area (Å²) in [7, 11) is -4.60. The average Bonchev–Trinajstić information content (AvgIpc) is 2.92. The number of nitrogens with one attached hydrogen (secondary N) is 1. The van der Waals surface area contributed by atoms with Gasteiger partial charge in [0.15, 0.2) is 0 Å². The number of benzene rings is 1. The van der Waals surface area contributed by atoms with E-state index in [1.54, 1.807) is 31.2 Å². The maximum Gasteiger partial charge on any atom is 0.362 e. The van der Waals surface area contributed by atoms with Gasteiger partial charge in [0.05, 0.1) is 6.54 Å². The smallest absolute Gasteiger partial charge is 0.360 e. The Morgan fingerprint density at radius 1 is 1.38 bits per heavy atom. The van der Waals surface area contributed by atoms with Crippen LogP contribution < -0.4 is 5.32 Å². The molecule has 2 aromatic rings. The van der Waals surface area contributed by atoms with Crippen LogP contribution in [0.25, 0.3) is 11.3 Å². The molecule has 0 saturated carbocycles. The quantitative estimate of drug-likeness (QED) is 0.602. The van der Waals surface area contributed by atoms with Gasteiger partial charge in [-0.2, -0.15) is 8.42 Å². The second-order valence-electron chi connectivity index (χ2n) is 5.20. The second kappa shape index (κ2) is 5.73. The Morgan fingerprint density at radius 2 is 2.04 bits per heavy atom. The molecule has 9 nitrogen and oxygen atoms in total. The number of β-lactam (4-membered cyclic amide) rings is 1. The minimum absolute atomic E-state index is 0.166. The van der Waals surface area contributed by atoms with Gasteiger partial charge in [-0.25, -0.2) is 4.31 Å². The molecule has 0 unspecified atom stereocenters. The summed E-state index contributed by atoms with van der Waals surface area (Å²) in [4.78, 5) is 24.1. The first kappa shape index (κ1) is 16.1. The molecular weight excluding hydrogens is 338 g/mol. The molecule has 0 bridgehead atoms.